The third-order valence-electron chi connectivity index (χ3n) is 5.02. The van der Waals surface area contributed by atoms with Crippen LogP contribution in [0.1, 0.15) is 51.4 Å². The Morgan fingerprint density at radius 1 is 1.23 bits per heavy atom. The second-order valence-electron chi connectivity index (χ2n) is 7.13. The molecule has 1 amide bonds. The molecule has 0 bridgehead atoms. The molecule has 0 atom stereocenters. The highest BCUT2D eigenvalue weighted by Crippen LogP contribution is 2.38. The fraction of sp³-hybridized carbons (Fsp3) is 0.882. The van der Waals surface area contributed by atoms with Gasteiger partial charge in [0.25, 0.3) is 0 Å². The van der Waals surface area contributed by atoms with E-state index in [9.17, 15) is 4.79 Å². The van der Waals surface area contributed by atoms with Crippen molar-refractivity contribution in [3.8, 4) is 0 Å². The van der Waals surface area contributed by atoms with Crippen molar-refractivity contribution in [3.63, 3.8) is 0 Å². The topological polar surface area (TPSA) is 56.7 Å². The second kappa shape index (κ2) is 7.84. The first-order valence-electron chi connectivity index (χ1n) is 8.74. The normalized spacial score (nSPS) is 20.8. The molecule has 0 aliphatic heterocycles. The van der Waals surface area contributed by atoms with Crippen LogP contribution in [0.25, 0.3) is 0 Å². The van der Waals surface area contributed by atoms with Gasteiger partial charge in [0, 0.05) is 34.2 Å². The summed E-state index contributed by atoms with van der Waals surface area (Å²) in [6.07, 6.45) is 9.62. The van der Waals surface area contributed by atoms with Crippen LogP contribution in [0.5, 0.6) is 0 Å². The van der Waals surface area contributed by atoms with Crippen molar-refractivity contribution in [2.24, 2.45) is 16.3 Å². The molecule has 0 aromatic carbocycles. The summed E-state index contributed by atoms with van der Waals surface area (Å²) in [6.45, 7) is 1.65. The number of hydrogen-bond acceptors (Lipinski definition) is 2. The minimum Gasteiger partial charge on any atom is -0.356 e. The highest BCUT2D eigenvalue weighted by molar-refractivity contribution is 5.85. The number of carbonyl (C=O) groups excluding carboxylic acids is 1. The molecule has 0 heterocycles. The van der Waals surface area contributed by atoms with Gasteiger partial charge in [-0.15, -0.1) is 0 Å². The van der Waals surface area contributed by atoms with E-state index in [1.54, 1.807) is 11.9 Å². The summed E-state index contributed by atoms with van der Waals surface area (Å²) >= 11 is 0. The van der Waals surface area contributed by atoms with Crippen molar-refractivity contribution >= 4 is 11.9 Å². The number of nitrogens with one attached hydrogen (secondary N) is 2. The molecule has 2 rings (SSSR count). The van der Waals surface area contributed by atoms with Crippen LogP contribution in [0, 0.1) is 11.3 Å². The van der Waals surface area contributed by atoms with Gasteiger partial charge in [-0.3, -0.25) is 9.79 Å². The molecule has 126 valence electrons. The van der Waals surface area contributed by atoms with Crippen LogP contribution >= 0.6 is 0 Å². The fourth-order valence-corrected chi connectivity index (χ4v) is 3.47. The Balaban J connectivity index is 1.77. The number of aliphatic imine (C=N–C) groups is 1. The van der Waals surface area contributed by atoms with Crippen LogP contribution in [-0.2, 0) is 4.79 Å². The van der Waals surface area contributed by atoms with E-state index in [0.717, 1.165) is 44.1 Å². The predicted molar refractivity (Wildman–Crippen MR) is 90.9 cm³/mol. The molecule has 0 unspecified atom stereocenters. The number of guanidine groups is 1. The summed E-state index contributed by atoms with van der Waals surface area (Å²) in [7, 11) is 5.51. The first kappa shape index (κ1) is 17.1. The molecular weight excluding hydrogens is 276 g/mol. The highest BCUT2D eigenvalue weighted by Gasteiger charge is 2.42. The summed E-state index contributed by atoms with van der Waals surface area (Å²) in [5, 5.41) is 6.76. The van der Waals surface area contributed by atoms with E-state index in [4.69, 9.17) is 0 Å². The van der Waals surface area contributed by atoms with Gasteiger partial charge in [0.2, 0.25) is 5.91 Å². The zero-order chi connectivity index (χ0) is 16.0. The van der Waals surface area contributed by atoms with Crippen LogP contribution in [0.4, 0.5) is 0 Å². The Bertz CT molecular complexity index is 395. The van der Waals surface area contributed by atoms with Crippen molar-refractivity contribution in [1.29, 1.82) is 0 Å². The van der Waals surface area contributed by atoms with Gasteiger partial charge in [-0.1, -0.05) is 25.7 Å². The Hall–Kier alpha value is -1.26. The van der Waals surface area contributed by atoms with Crippen molar-refractivity contribution in [1.82, 2.24) is 15.5 Å². The first-order chi connectivity index (χ1) is 10.6. The van der Waals surface area contributed by atoms with E-state index in [1.807, 2.05) is 14.1 Å². The maximum atomic E-state index is 12.5. The van der Waals surface area contributed by atoms with Crippen LogP contribution in [0.15, 0.2) is 4.99 Å². The van der Waals surface area contributed by atoms with E-state index in [-0.39, 0.29) is 11.3 Å². The molecule has 0 spiro atoms. The Kier molecular flexibility index (Phi) is 6.09. The highest BCUT2D eigenvalue weighted by atomic mass is 16.2. The smallest absolute Gasteiger partial charge is 0.230 e. The molecule has 0 saturated heterocycles. The Morgan fingerprint density at radius 2 is 1.91 bits per heavy atom. The molecule has 0 radical (unpaired) electrons. The van der Waals surface area contributed by atoms with Gasteiger partial charge < -0.3 is 15.5 Å². The average Bonchev–Trinajstić information content (AvgIpc) is 3.21. The van der Waals surface area contributed by atoms with Crippen molar-refractivity contribution < 1.29 is 4.79 Å². The standard InChI is InChI=1S/C17H32N4O/c1-18-16(19-12-6-7-14-8-9-14)20-13-17(10-4-5-11-17)15(22)21(2)3/h14H,4-13H2,1-3H3,(H2,18,19,20). The molecule has 0 aromatic heterocycles. The third-order valence-corrected chi connectivity index (χ3v) is 5.02. The number of nitrogens with zero attached hydrogens (tertiary/aromatic N) is 2. The van der Waals surface area contributed by atoms with E-state index in [0.29, 0.717) is 6.54 Å². The van der Waals surface area contributed by atoms with Gasteiger partial charge in [-0.2, -0.15) is 0 Å². The van der Waals surface area contributed by atoms with E-state index in [2.05, 4.69) is 15.6 Å². The van der Waals surface area contributed by atoms with Gasteiger partial charge in [-0.25, -0.2) is 0 Å². The molecule has 0 aromatic rings. The zero-order valence-corrected chi connectivity index (χ0v) is 14.5. The second-order valence-corrected chi connectivity index (χ2v) is 7.13. The summed E-state index contributed by atoms with van der Waals surface area (Å²) in [6, 6.07) is 0. The van der Waals surface area contributed by atoms with E-state index in [1.165, 1.54) is 25.7 Å². The van der Waals surface area contributed by atoms with Crippen molar-refractivity contribution in [2.45, 2.75) is 51.4 Å². The van der Waals surface area contributed by atoms with Gasteiger partial charge in [0.15, 0.2) is 5.96 Å². The minimum absolute atomic E-state index is 0.241. The Morgan fingerprint density at radius 3 is 2.45 bits per heavy atom. The molecule has 2 N–H and O–H groups in total. The van der Waals surface area contributed by atoms with Crippen LogP contribution in [-0.4, -0.2) is 51.0 Å². The summed E-state index contributed by atoms with van der Waals surface area (Å²) < 4.78 is 0. The lowest BCUT2D eigenvalue weighted by Crippen LogP contribution is -2.49. The van der Waals surface area contributed by atoms with Crippen LogP contribution in [0.2, 0.25) is 0 Å². The summed E-state index contributed by atoms with van der Waals surface area (Å²) in [5.41, 5.74) is -0.241. The van der Waals surface area contributed by atoms with Gasteiger partial charge in [0.1, 0.15) is 0 Å². The summed E-state index contributed by atoms with van der Waals surface area (Å²) in [4.78, 5) is 18.6. The van der Waals surface area contributed by atoms with Crippen LogP contribution < -0.4 is 10.6 Å². The molecule has 2 aliphatic carbocycles. The molecular formula is C17H32N4O. The first-order valence-corrected chi connectivity index (χ1v) is 8.74. The minimum atomic E-state index is -0.241. The molecule has 5 nitrogen and oxygen atoms in total. The SMILES string of the molecule is CN=C(NCCCC1CC1)NCC1(C(=O)N(C)C)CCCC1. The van der Waals surface area contributed by atoms with Gasteiger partial charge in [0.05, 0.1) is 5.41 Å². The number of rotatable bonds is 7. The summed E-state index contributed by atoms with van der Waals surface area (Å²) in [5.74, 6) is 2.06. The molecule has 2 fully saturated rings. The van der Waals surface area contributed by atoms with Crippen molar-refractivity contribution in [2.75, 3.05) is 34.2 Å². The fourth-order valence-electron chi connectivity index (χ4n) is 3.47. The van der Waals surface area contributed by atoms with Crippen molar-refractivity contribution in [3.05, 3.63) is 0 Å². The van der Waals surface area contributed by atoms with Gasteiger partial charge in [-0.05, 0) is 31.6 Å². The monoisotopic (exact) mass is 308 g/mol. The number of carbonyl (C=O) groups is 1. The molecule has 5 heteroatoms. The molecule has 2 aliphatic rings. The average molecular weight is 308 g/mol. The maximum absolute atomic E-state index is 12.5. The molecule has 22 heavy (non-hydrogen) atoms. The van der Waals surface area contributed by atoms with E-state index >= 15 is 0 Å². The van der Waals surface area contributed by atoms with E-state index < -0.39 is 0 Å². The lowest BCUT2D eigenvalue weighted by atomic mass is 9.84. The van der Waals surface area contributed by atoms with Gasteiger partial charge >= 0.3 is 0 Å². The maximum Gasteiger partial charge on any atom is 0.230 e. The largest absolute Gasteiger partial charge is 0.356 e. The Labute approximate surface area is 134 Å². The molecule has 2 saturated carbocycles. The lowest BCUT2D eigenvalue weighted by molar-refractivity contribution is -0.138. The number of hydrogen-bond donors (Lipinski definition) is 2. The predicted octanol–water partition coefficient (Wildman–Crippen LogP) is 1.99. The zero-order valence-electron chi connectivity index (χ0n) is 14.5. The number of amides is 1. The third kappa shape index (κ3) is 4.62. The quantitative estimate of drug-likeness (QED) is 0.430. The van der Waals surface area contributed by atoms with Crippen LogP contribution in [0.3, 0.4) is 0 Å². The lowest BCUT2D eigenvalue weighted by Gasteiger charge is -2.31.